The zero-order valence-electron chi connectivity index (χ0n) is 47.6. The first-order chi connectivity index (χ1) is 35.9. The van der Waals surface area contributed by atoms with Crippen molar-refractivity contribution in [3.63, 3.8) is 0 Å². The molecule has 1 aromatic carbocycles. The van der Waals surface area contributed by atoms with Crippen LogP contribution in [-0.2, 0) is 63.6 Å². The summed E-state index contributed by atoms with van der Waals surface area (Å²) in [5, 5.41) is 51.4. The fourth-order valence-corrected chi connectivity index (χ4v) is 12.7. The number of esters is 1. The number of fused-ring (bicyclic) bond motifs is 1. The molecule has 77 heavy (non-hydrogen) atoms. The van der Waals surface area contributed by atoms with Gasteiger partial charge in [0.15, 0.2) is 12.6 Å². The Hall–Kier alpha value is -3.69. The van der Waals surface area contributed by atoms with Crippen LogP contribution in [0.4, 0.5) is 5.69 Å². The monoisotopic (exact) mass is 1110 g/mol. The SMILES string of the molecule is CC[C@H]1OC(=O)[C@H](C)[C@@H](O[C@H]2C[C@@](C)(OC)[C@@H](OS(=O)(=O)CCNCCNc3ccc4c(=O)c(C(=O)O)cn(CC)c4c3)[C@H](C)O2)[C@H](C)[C@@H](O[C@@H]2O[C@H](C)CC(N(C)C)[C@H]2O)[C@](C)(OC)C[C@@H](C)C(=O)[C@H](C)C(O)[C@]1(C)O. The lowest BCUT2D eigenvalue weighted by Crippen LogP contribution is -2.62. The number of likely N-dealkylation sites (N-methyl/N-ethyl adjacent to an activating group) is 1. The first kappa shape index (κ1) is 64.1. The van der Waals surface area contributed by atoms with Gasteiger partial charge in [0, 0.05) is 87.9 Å². The van der Waals surface area contributed by atoms with Gasteiger partial charge in [-0.3, -0.25) is 18.6 Å². The van der Waals surface area contributed by atoms with E-state index in [2.05, 4.69) is 10.6 Å². The maximum Gasteiger partial charge on any atom is 0.341 e. The maximum absolute atomic E-state index is 14.6. The van der Waals surface area contributed by atoms with E-state index in [1.54, 1.807) is 71.2 Å². The highest BCUT2D eigenvalue weighted by atomic mass is 32.2. The molecular formula is C54H88N4O18S. The molecule has 18 atom stereocenters. The molecule has 0 radical (unpaired) electrons. The van der Waals surface area contributed by atoms with Crippen LogP contribution in [-0.4, -0.2) is 194 Å². The summed E-state index contributed by atoms with van der Waals surface area (Å²) in [5.74, 6) is -6.74. The van der Waals surface area contributed by atoms with Crippen LogP contribution in [0.3, 0.4) is 0 Å². The van der Waals surface area contributed by atoms with Crippen LogP contribution in [0.5, 0.6) is 0 Å². The molecule has 2 aromatic rings. The molecule has 3 fully saturated rings. The number of Topliss-reactive ketones (excluding diaryl/α,β-unsaturated/α-hetero) is 1. The summed E-state index contributed by atoms with van der Waals surface area (Å²) < 4.78 is 79.8. The number of hydrogen-bond donors (Lipinski definition) is 6. The second kappa shape index (κ2) is 26.3. The quantitative estimate of drug-likeness (QED) is 0.0666. The van der Waals surface area contributed by atoms with Gasteiger partial charge in [-0.15, -0.1) is 0 Å². The number of carboxylic acids is 1. The fourth-order valence-electron chi connectivity index (χ4n) is 11.5. The largest absolute Gasteiger partial charge is 0.477 e. The number of nitrogens with zero attached hydrogens (tertiary/aromatic N) is 2. The first-order valence-corrected chi connectivity index (χ1v) is 28.5. The van der Waals surface area contributed by atoms with Gasteiger partial charge >= 0.3 is 11.9 Å². The van der Waals surface area contributed by atoms with Gasteiger partial charge in [0.1, 0.15) is 35.3 Å². The van der Waals surface area contributed by atoms with E-state index < -0.39 is 129 Å². The van der Waals surface area contributed by atoms with Gasteiger partial charge in [-0.25, -0.2) is 4.79 Å². The highest BCUT2D eigenvalue weighted by molar-refractivity contribution is 7.86. The van der Waals surface area contributed by atoms with Crippen LogP contribution in [0.25, 0.3) is 10.9 Å². The second-order valence-corrected chi connectivity index (χ2v) is 24.1. The number of aryl methyl sites for hydroxylation is 1. The Bertz CT molecular complexity index is 2510. The van der Waals surface area contributed by atoms with Crippen LogP contribution in [0.15, 0.2) is 29.2 Å². The molecule has 3 aliphatic heterocycles. The molecule has 0 aliphatic carbocycles. The third-order valence-corrected chi connectivity index (χ3v) is 17.5. The number of ether oxygens (including phenoxy) is 7. The Morgan fingerprint density at radius 2 is 1.55 bits per heavy atom. The smallest absolute Gasteiger partial charge is 0.341 e. The molecule has 2 unspecified atom stereocenters. The predicted molar refractivity (Wildman–Crippen MR) is 286 cm³/mol. The lowest BCUT2D eigenvalue weighted by Gasteiger charge is -2.50. The summed E-state index contributed by atoms with van der Waals surface area (Å²) in [6.45, 7) is 19.6. The van der Waals surface area contributed by atoms with Crippen molar-refractivity contribution >= 4 is 44.4 Å². The summed E-state index contributed by atoms with van der Waals surface area (Å²) in [6, 6.07) is 4.65. The maximum atomic E-state index is 14.6. The average molecular weight is 1110 g/mol. The van der Waals surface area contributed by atoms with Crippen LogP contribution in [0.1, 0.15) is 112 Å². The van der Waals surface area contributed by atoms with E-state index in [9.17, 15) is 48.0 Å². The number of ketones is 1. The molecule has 0 amide bonds. The highest BCUT2D eigenvalue weighted by Crippen LogP contribution is 2.42. The van der Waals surface area contributed by atoms with Crippen LogP contribution < -0.4 is 16.1 Å². The van der Waals surface area contributed by atoms with Crippen molar-refractivity contribution in [2.75, 3.05) is 59.0 Å². The summed E-state index contributed by atoms with van der Waals surface area (Å²) in [5.41, 5.74) is -4.39. The number of aromatic nitrogens is 1. The number of carboxylic acid groups (broad SMARTS) is 1. The van der Waals surface area contributed by atoms with Gasteiger partial charge in [-0.1, -0.05) is 27.7 Å². The fraction of sp³-hybridized carbons (Fsp3) is 0.778. The molecule has 22 nitrogen and oxygen atoms in total. The third kappa shape index (κ3) is 14.6. The van der Waals surface area contributed by atoms with Crippen molar-refractivity contribution in [1.82, 2.24) is 14.8 Å². The molecule has 4 heterocycles. The Morgan fingerprint density at radius 3 is 2.14 bits per heavy atom. The van der Waals surface area contributed by atoms with E-state index in [0.717, 1.165) is 0 Å². The molecule has 438 valence electrons. The minimum Gasteiger partial charge on any atom is -0.477 e. The number of nitrogens with one attached hydrogen (secondary N) is 2. The van der Waals surface area contributed by atoms with E-state index in [1.165, 1.54) is 34.3 Å². The van der Waals surface area contributed by atoms with Crippen molar-refractivity contribution in [3.8, 4) is 0 Å². The van der Waals surface area contributed by atoms with Crippen molar-refractivity contribution in [2.45, 2.75) is 193 Å². The molecule has 3 aliphatic rings. The van der Waals surface area contributed by atoms with Crippen molar-refractivity contribution < 1.29 is 80.6 Å². The number of aromatic carboxylic acids is 1. The number of pyridine rings is 1. The number of benzene rings is 1. The van der Waals surface area contributed by atoms with E-state index >= 15 is 0 Å². The van der Waals surface area contributed by atoms with Crippen LogP contribution >= 0.6 is 0 Å². The molecule has 1 aromatic heterocycles. The van der Waals surface area contributed by atoms with Crippen LogP contribution in [0.2, 0.25) is 0 Å². The summed E-state index contributed by atoms with van der Waals surface area (Å²) in [4.78, 5) is 55.1. The Labute approximate surface area is 453 Å². The molecule has 23 heteroatoms. The average Bonchev–Trinajstić information content (AvgIpc) is 3.37. The molecule has 3 saturated heterocycles. The van der Waals surface area contributed by atoms with Gasteiger partial charge < -0.3 is 73.7 Å². The summed E-state index contributed by atoms with van der Waals surface area (Å²) >= 11 is 0. The van der Waals surface area contributed by atoms with E-state index in [0.29, 0.717) is 37.3 Å². The standard InChI is InChI=1S/C54H88N4O18S/c1-16-40-54(11,66)46(62)31(5)42(59)29(3)26-52(9,69-14)47(75-51-44(61)39(57(12)13)24-30(4)71-51)32(6)45(33(7)50(65)73-40)74-41-27-53(10,70-15)48(34(8)72-41)76-77(67,68)23-22-55-20-21-56-35-18-19-36-38(25-35)58(17-2)28-37(43(36)60)49(63)64/h18-19,25,28-34,39-41,44-48,51,55-56,61-62,66H,16-17,20-24,26-27H2,1-15H3,(H,63,64)/t29-,30-,31+,32+,33-,34+,39?,40-,41+,44-,45+,46?,47-,48+,51+,52-,53-,54-/m1/s1. The molecular weight excluding hydrogens is 1020 g/mol. The molecule has 0 saturated carbocycles. The first-order valence-electron chi connectivity index (χ1n) is 26.9. The van der Waals surface area contributed by atoms with Crippen molar-refractivity contribution in [2.24, 2.45) is 23.7 Å². The highest BCUT2D eigenvalue weighted by Gasteiger charge is 2.55. The lowest BCUT2D eigenvalue weighted by molar-refractivity contribution is -0.317. The van der Waals surface area contributed by atoms with Crippen molar-refractivity contribution in [3.05, 3.63) is 40.2 Å². The minimum atomic E-state index is -4.21. The number of anilines is 1. The zero-order chi connectivity index (χ0) is 57.7. The van der Waals surface area contributed by atoms with Crippen molar-refractivity contribution in [1.29, 1.82) is 0 Å². The van der Waals surface area contributed by atoms with Gasteiger partial charge in [0.2, 0.25) is 5.43 Å². The Kier molecular flexibility index (Phi) is 21.9. The van der Waals surface area contributed by atoms with E-state index in [4.69, 9.17) is 37.3 Å². The summed E-state index contributed by atoms with van der Waals surface area (Å²) in [7, 11) is 2.37. The molecule has 6 N–H and O–H groups in total. The predicted octanol–water partition coefficient (Wildman–Crippen LogP) is 3.53. The number of carbonyl (C=O) groups excluding carboxylic acids is 2. The zero-order valence-corrected chi connectivity index (χ0v) is 48.5. The lowest BCUT2D eigenvalue weighted by atomic mass is 9.74. The number of carbonyl (C=O) groups is 3. The van der Waals surface area contributed by atoms with Crippen LogP contribution in [0, 0.1) is 23.7 Å². The normalized spacial score (nSPS) is 37.1. The minimum absolute atomic E-state index is 0.0283. The molecule has 0 bridgehead atoms. The van der Waals surface area contributed by atoms with E-state index in [1.807, 2.05) is 32.8 Å². The number of aliphatic hydroxyl groups excluding tert-OH is 2. The number of methoxy groups -OCH3 is 2. The summed E-state index contributed by atoms with van der Waals surface area (Å²) in [6.07, 6.45) is -9.24. The topological polar surface area (TPSA) is 289 Å². The molecule has 5 rings (SSSR count). The number of cyclic esters (lactones) is 1. The Morgan fingerprint density at radius 1 is 0.896 bits per heavy atom. The second-order valence-electron chi connectivity index (χ2n) is 22.3. The number of aliphatic hydroxyl groups is 3. The van der Waals surface area contributed by atoms with Gasteiger partial charge in [-0.2, -0.15) is 8.42 Å². The number of hydrogen-bond acceptors (Lipinski definition) is 20. The third-order valence-electron chi connectivity index (χ3n) is 16.3. The Balaban J connectivity index is 1.37. The number of rotatable bonds is 19. The van der Waals surface area contributed by atoms with Gasteiger partial charge in [0.25, 0.3) is 10.1 Å². The van der Waals surface area contributed by atoms with Gasteiger partial charge in [-0.05, 0) is 100 Å². The van der Waals surface area contributed by atoms with Gasteiger partial charge in [0.05, 0.1) is 58.9 Å². The van der Waals surface area contributed by atoms with E-state index in [-0.39, 0.29) is 54.7 Å². The molecule has 0 spiro atoms.